The van der Waals surface area contributed by atoms with Gasteiger partial charge >= 0.3 is 0 Å². The lowest BCUT2D eigenvalue weighted by molar-refractivity contribution is -0.115. The molecule has 1 amide bonds. The number of aromatic amines is 1. The highest BCUT2D eigenvalue weighted by atomic mass is 16.5. The lowest BCUT2D eigenvalue weighted by atomic mass is 9.95. The van der Waals surface area contributed by atoms with Crippen molar-refractivity contribution in [2.75, 3.05) is 12.4 Å². The van der Waals surface area contributed by atoms with Gasteiger partial charge in [-0.3, -0.25) is 15.2 Å². The summed E-state index contributed by atoms with van der Waals surface area (Å²) in [6, 6.07) is 7.96. The van der Waals surface area contributed by atoms with Gasteiger partial charge in [-0.1, -0.05) is 38.1 Å². The fourth-order valence-electron chi connectivity index (χ4n) is 2.15. The maximum Gasteiger partial charge on any atom is 0.248 e. The van der Waals surface area contributed by atoms with E-state index in [1.807, 2.05) is 18.2 Å². The Labute approximate surface area is 123 Å². The maximum atomic E-state index is 12.1. The molecule has 2 aromatic rings. The van der Waals surface area contributed by atoms with Gasteiger partial charge in [0.2, 0.25) is 11.9 Å². The van der Waals surface area contributed by atoms with Crippen LogP contribution in [0.4, 0.5) is 5.95 Å². The van der Waals surface area contributed by atoms with Crippen LogP contribution in [-0.2, 0) is 22.6 Å². The van der Waals surface area contributed by atoms with Gasteiger partial charge in [0.25, 0.3) is 0 Å². The van der Waals surface area contributed by atoms with E-state index in [4.69, 9.17) is 4.74 Å². The van der Waals surface area contributed by atoms with Crippen LogP contribution in [0.1, 0.15) is 36.7 Å². The Morgan fingerprint density at radius 1 is 1.38 bits per heavy atom. The summed E-state index contributed by atoms with van der Waals surface area (Å²) in [6.45, 7) is 4.56. The van der Waals surface area contributed by atoms with Crippen molar-refractivity contribution in [3.63, 3.8) is 0 Å². The van der Waals surface area contributed by atoms with E-state index < -0.39 is 0 Å². The molecular formula is C15H20N4O2. The van der Waals surface area contributed by atoms with Crippen LogP contribution in [0.5, 0.6) is 0 Å². The Hall–Kier alpha value is -2.21. The van der Waals surface area contributed by atoms with Gasteiger partial charge in [-0.05, 0) is 17.0 Å². The number of rotatable bonds is 6. The molecule has 2 N–H and O–H groups in total. The van der Waals surface area contributed by atoms with Gasteiger partial charge in [-0.2, -0.15) is 4.98 Å². The van der Waals surface area contributed by atoms with Crippen LogP contribution < -0.4 is 5.32 Å². The number of ether oxygens (including phenoxy) is 1. The quantitative estimate of drug-likeness (QED) is 0.854. The molecule has 21 heavy (non-hydrogen) atoms. The number of nitrogens with one attached hydrogen (secondary N) is 2. The Bertz CT molecular complexity index is 607. The number of methoxy groups -OCH3 is 1. The molecule has 1 aromatic carbocycles. The van der Waals surface area contributed by atoms with Crippen molar-refractivity contribution in [2.45, 2.75) is 32.8 Å². The van der Waals surface area contributed by atoms with Crippen LogP contribution in [0.3, 0.4) is 0 Å². The summed E-state index contributed by atoms with van der Waals surface area (Å²) >= 11 is 0. The van der Waals surface area contributed by atoms with E-state index in [1.165, 1.54) is 5.56 Å². The van der Waals surface area contributed by atoms with Crippen LogP contribution in [0.2, 0.25) is 0 Å². The predicted molar refractivity (Wildman–Crippen MR) is 80.0 cm³/mol. The number of carbonyl (C=O) groups excluding carboxylic acids is 1. The molecule has 0 fully saturated rings. The number of H-pyrrole nitrogens is 1. The van der Waals surface area contributed by atoms with E-state index in [-0.39, 0.29) is 11.9 Å². The molecule has 0 bridgehead atoms. The van der Waals surface area contributed by atoms with Gasteiger partial charge in [0.05, 0.1) is 6.42 Å². The largest absolute Gasteiger partial charge is 0.377 e. The number of anilines is 1. The van der Waals surface area contributed by atoms with Crippen molar-refractivity contribution in [3.8, 4) is 0 Å². The van der Waals surface area contributed by atoms with Gasteiger partial charge < -0.3 is 4.74 Å². The van der Waals surface area contributed by atoms with Crippen molar-refractivity contribution >= 4 is 11.9 Å². The minimum Gasteiger partial charge on any atom is -0.377 e. The molecule has 6 heteroatoms. The van der Waals surface area contributed by atoms with E-state index in [0.717, 1.165) is 5.56 Å². The molecule has 6 nitrogen and oxygen atoms in total. The summed E-state index contributed by atoms with van der Waals surface area (Å²) in [6.07, 6.45) is 0.308. The van der Waals surface area contributed by atoms with Gasteiger partial charge in [0.1, 0.15) is 6.61 Å². The van der Waals surface area contributed by atoms with E-state index >= 15 is 0 Å². The number of carbonyl (C=O) groups is 1. The van der Waals surface area contributed by atoms with E-state index in [9.17, 15) is 4.79 Å². The Balaban J connectivity index is 2.01. The molecule has 0 spiro atoms. The Morgan fingerprint density at radius 3 is 2.86 bits per heavy atom. The summed E-state index contributed by atoms with van der Waals surface area (Å²) in [4.78, 5) is 16.2. The number of aromatic nitrogens is 3. The molecule has 1 aromatic heterocycles. The monoisotopic (exact) mass is 288 g/mol. The predicted octanol–water partition coefficient (Wildman–Crippen LogP) is 2.26. The summed E-state index contributed by atoms with van der Waals surface area (Å²) in [5.74, 6) is 1.10. The molecule has 112 valence electrons. The highest BCUT2D eigenvalue weighted by molar-refractivity contribution is 5.90. The average Bonchev–Trinajstić information content (AvgIpc) is 2.86. The molecular weight excluding hydrogens is 268 g/mol. The third kappa shape index (κ3) is 4.13. The number of hydrogen-bond donors (Lipinski definition) is 2. The van der Waals surface area contributed by atoms with Crippen molar-refractivity contribution in [1.82, 2.24) is 15.2 Å². The minimum absolute atomic E-state index is 0.133. The zero-order chi connectivity index (χ0) is 15.2. The highest BCUT2D eigenvalue weighted by Crippen LogP contribution is 2.19. The molecule has 0 unspecified atom stereocenters. The van der Waals surface area contributed by atoms with Crippen molar-refractivity contribution in [1.29, 1.82) is 0 Å². The van der Waals surface area contributed by atoms with E-state index in [0.29, 0.717) is 24.8 Å². The molecule has 2 rings (SSSR count). The molecule has 0 aliphatic rings. The second-order valence-electron chi connectivity index (χ2n) is 5.12. The summed E-state index contributed by atoms with van der Waals surface area (Å²) in [5, 5.41) is 9.32. The lowest BCUT2D eigenvalue weighted by Crippen LogP contribution is -2.16. The first-order chi connectivity index (χ1) is 10.1. The number of amides is 1. The first-order valence-corrected chi connectivity index (χ1v) is 6.88. The fraction of sp³-hybridized carbons (Fsp3) is 0.400. The lowest BCUT2D eigenvalue weighted by Gasteiger charge is -2.11. The normalized spacial score (nSPS) is 10.9. The molecule has 0 saturated heterocycles. The van der Waals surface area contributed by atoms with Crippen molar-refractivity contribution in [2.24, 2.45) is 0 Å². The van der Waals surface area contributed by atoms with Crippen LogP contribution in [0.25, 0.3) is 0 Å². The van der Waals surface area contributed by atoms with Crippen LogP contribution in [0, 0.1) is 0 Å². The molecule has 0 aliphatic heterocycles. The summed E-state index contributed by atoms with van der Waals surface area (Å²) < 4.78 is 4.94. The zero-order valence-corrected chi connectivity index (χ0v) is 12.5. The van der Waals surface area contributed by atoms with Crippen molar-refractivity contribution < 1.29 is 9.53 Å². The van der Waals surface area contributed by atoms with Gasteiger partial charge in [-0.25, -0.2) is 0 Å². The number of nitrogens with zero attached hydrogens (tertiary/aromatic N) is 2. The third-order valence-electron chi connectivity index (χ3n) is 3.09. The second-order valence-corrected chi connectivity index (χ2v) is 5.12. The van der Waals surface area contributed by atoms with Gasteiger partial charge in [-0.15, -0.1) is 5.10 Å². The summed E-state index contributed by atoms with van der Waals surface area (Å²) in [5.41, 5.74) is 2.21. The number of benzene rings is 1. The zero-order valence-electron chi connectivity index (χ0n) is 12.5. The molecule has 0 radical (unpaired) electrons. The second kappa shape index (κ2) is 6.99. The Kier molecular flexibility index (Phi) is 5.05. The Morgan fingerprint density at radius 2 is 2.14 bits per heavy atom. The molecule has 1 heterocycles. The van der Waals surface area contributed by atoms with Crippen LogP contribution >= 0.6 is 0 Å². The van der Waals surface area contributed by atoms with Gasteiger partial charge in [0, 0.05) is 7.11 Å². The third-order valence-corrected chi connectivity index (χ3v) is 3.09. The fourth-order valence-corrected chi connectivity index (χ4v) is 2.15. The van der Waals surface area contributed by atoms with E-state index in [2.05, 4.69) is 40.4 Å². The smallest absolute Gasteiger partial charge is 0.248 e. The standard InChI is InChI=1S/C15H20N4O2/c1-10(2)12-7-5-4-6-11(12)8-14(20)17-15-16-13(9-21-3)18-19-15/h4-7,10H,8-9H2,1-3H3,(H2,16,17,18,19,20). The van der Waals surface area contributed by atoms with Gasteiger partial charge in [0.15, 0.2) is 5.82 Å². The summed E-state index contributed by atoms with van der Waals surface area (Å²) in [7, 11) is 1.57. The minimum atomic E-state index is -0.133. The van der Waals surface area contributed by atoms with Crippen LogP contribution in [0.15, 0.2) is 24.3 Å². The van der Waals surface area contributed by atoms with Crippen LogP contribution in [-0.4, -0.2) is 28.2 Å². The molecule has 0 aliphatic carbocycles. The SMILES string of the molecule is COCc1nc(NC(=O)Cc2ccccc2C(C)C)n[nH]1. The molecule has 0 saturated carbocycles. The first kappa shape index (κ1) is 15.2. The highest BCUT2D eigenvalue weighted by Gasteiger charge is 2.12. The topological polar surface area (TPSA) is 79.9 Å². The average molecular weight is 288 g/mol. The first-order valence-electron chi connectivity index (χ1n) is 6.88. The van der Waals surface area contributed by atoms with Crippen molar-refractivity contribution in [3.05, 3.63) is 41.2 Å². The molecule has 0 atom stereocenters. The maximum absolute atomic E-state index is 12.1. The van der Waals surface area contributed by atoms with E-state index in [1.54, 1.807) is 7.11 Å². The number of hydrogen-bond acceptors (Lipinski definition) is 4.